The van der Waals surface area contributed by atoms with Crippen LogP contribution in [0.3, 0.4) is 0 Å². The van der Waals surface area contributed by atoms with Crippen molar-refractivity contribution in [1.29, 1.82) is 0 Å². The second-order valence-electron chi connectivity index (χ2n) is 5.17. The van der Waals surface area contributed by atoms with Gasteiger partial charge in [0.2, 0.25) is 0 Å². The van der Waals surface area contributed by atoms with Crippen LogP contribution in [-0.2, 0) is 16.0 Å². The molecule has 20 heavy (non-hydrogen) atoms. The molecule has 1 saturated carbocycles. The average molecular weight is 300 g/mol. The Morgan fingerprint density at radius 2 is 1.85 bits per heavy atom. The lowest BCUT2D eigenvalue weighted by atomic mass is 9.97. The standard InChI is InChI=1S/C15H21NO3.ClH/c16-14(10-11-6-8-12(17)9-7-11)15(18)19-13-4-2-1-3-5-13;/h6-9,13-14,17H,1-5,10,16H2;1H/t14-;/m0./s1. The fourth-order valence-corrected chi connectivity index (χ4v) is 2.40. The molecule has 3 N–H and O–H groups in total. The summed E-state index contributed by atoms with van der Waals surface area (Å²) in [6.07, 6.45) is 5.89. The molecule has 0 heterocycles. The summed E-state index contributed by atoms with van der Waals surface area (Å²) in [5.41, 5.74) is 6.79. The Morgan fingerprint density at radius 3 is 2.45 bits per heavy atom. The van der Waals surface area contributed by atoms with Gasteiger partial charge in [-0.15, -0.1) is 12.4 Å². The number of rotatable bonds is 4. The Morgan fingerprint density at radius 1 is 1.25 bits per heavy atom. The van der Waals surface area contributed by atoms with Gasteiger partial charge in [-0.25, -0.2) is 0 Å². The van der Waals surface area contributed by atoms with E-state index in [1.54, 1.807) is 24.3 Å². The molecule has 5 heteroatoms. The quantitative estimate of drug-likeness (QED) is 0.838. The number of carbonyl (C=O) groups is 1. The first kappa shape index (κ1) is 16.8. The third-order valence-corrected chi connectivity index (χ3v) is 3.53. The van der Waals surface area contributed by atoms with E-state index < -0.39 is 6.04 Å². The van der Waals surface area contributed by atoms with Crippen LogP contribution in [0.2, 0.25) is 0 Å². The number of nitrogens with two attached hydrogens (primary N) is 1. The predicted molar refractivity (Wildman–Crippen MR) is 80.0 cm³/mol. The Balaban J connectivity index is 0.00000200. The van der Waals surface area contributed by atoms with Gasteiger partial charge in [0, 0.05) is 0 Å². The first-order valence-electron chi connectivity index (χ1n) is 6.89. The Kier molecular flexibility index (Phi) is 6.82. The topological polar surface area (TPSA) is 72.5 Å². The molecule has 1 aliphatic carbocycles. The van der Waals surface area contributed by atoms with Crippen molar-refractivity contribution in [2.75, 3.05) is 0 Å². The van der Waals surface area contributed by atoms with Gasteiger partial charge < -0.3 is 15.6 Å². The third kappa shape index (κ3) is 5.02. The number of esters is 1. The minimum atomic E-state index is -0.633. The van der Waals surface area contributed by atoms with Crippen molar-refractivity contribution in [3.8, 4) is 5.75 Å². The average Bonchev–Trinajstić information content (AvgIpc) is 2.42. The molecule has 1 aliphatic rings. The molecule has 1 aromatic carbocycles. The molecule has 1 atom stereocenters. The van der Waals surface area contributed by atoms with Crippen LogP contribution in [0.4, 0.5) is 0 Å². The lowest BCUT2D eigenvalue weighted by Gasteiger charge is -2.23. The van der Waals surface area contributed by atoms with Crippen LogP contribution in [0.15, 0.2) is 24.3 Å². The van der Waals surface area contributed by atoms with Gasteiger partial charge in [-0.2, -0.15) is 0 Å². The molecule has 1 aromatic rings. The number of benzene rings is 1. The highest BCUT2D eigenvalue weighted by molar-refractivity contribution is 5.85. The van der Waals surface area contributed by atoms with Gasteiger partial charge in [0.15, 0.2) is 0 Å². The first-order chi connectivity index (χ1) is 9.15. The summed E-state index contributed by atoms with van der Waals surface area (Å²) in [5, 5.41) is 9.19. The van der Waals surface area contributed by atoms with Gasteiger partial charge in [-0.05, 0) is 49.8 Å². The summed E-state index contributed by atoms with van der Waals surface area (Å²) in [6, 6.07) is 6.08. The molecule has 112 valence electrons. The summed E-state index contributed by atoms with van der Waals surface area (Å²) in [5.74, 6) is -0.109. The zero-order valence-corrected chi connectivity index (χ0v) is 12.3. The first-order valence-corrected chi connectivity index (χ1v) is 6.89. The van der Waals surface area contributed by atoms with Crippen molar-refractivity contribution in [2.24, 2.45) is 5.73 Å². The largest absolute Gasteiger partial charge is 0.508 e. The SMILES string of the molecule is Cl.N[C@@H](Cc1ccc(O)cc1)C(=O)OC1CCCCC1. The summed E-state index contributed by atoms with van der Waals surface area (Å²) < 4.78 is 5.44. The fourth-order valence-electron chi connectivity index (χ4n) is 2.40. The molecule has 0 bridgehead atoms. The number of hydrogen-bond acceptors (Lipinski definition) is 4. The number of aromatic hydroxyl groups is 1. The number of halogens is 1. The molecular weight excluding hydrogens is 278 g/mol. The maximum atomic E-state index is 11.9. The van der Waals surface area contributed by atoms with E-state index in [0.29, 0.717) is 6.42 Å². The van der Waals surface area contributed by atoms with Crippen LogP contribution in [0.1, 0.15) is 37.7 Å². The van der Waals surface area contributed by atoms with Crippen molar-refractivity contribution < 1.29 is 14.6 Å². The van der Waals surface area contributed by atoms with Gasteiger partial charge in [0.05, 0.1) is 0 Å². The van der Waals surface area contributed by atoms with Crippen LogP contribution in [0.25, 0.3) is 0 Å². The van der Waals surface area contributed by atoms with E-state index in [-0.39, 0.29) is 30.2 Å². The zero-order valence-electron chi connectivity index (χ0n) is 11.5. The van der Waals surface area contributed by atoms with Gasteiger partial charge in [0.1, 0.15) is 17.9 Å². The van der Waals surface area contributed by atoms with Crippen molar-refractivity contribution in [1.82, 2.24) is 0 Å². The van der Waals surface area contributed by atoms with E-state index in [1.165, 1.54) is 6.42 Å². The van der Waals surface area contributed by atoms with Crippen molar-refractivity contribution in [2.45, 2.75) is 50.7 Å². The molecule has 1 fully saturated rings. The van der Waals surface area contributed by atoms with E-state index >= 15 is 0 Å². The van der Waals surface area contributed by atoms with Crippen molar-refractivity contribution in [3.05, 3.63) is 29.8 Å². The molecule has 0 aromatic heterocycles. The molecule has 0 saturated heterocycles. The van der Waals surface area contributed by atoms with Crippen LogP contribution in [-0.4, -0.2) is 23.2 Å². The minimum absolute atomic E-state index is 0. The van der Waals surface area contributed by atoms with E-state index in [0.717, 1.165) is 31.2 Å². The van der Waals surface area contributed by atoms with Crippen LogP contribution >= 0.6 is 12.4 Å². The lowest BCUT2D eigenvalue weighted by molar-refractivity contribution is -0.152. The molecule has 0 aliphatic heterocycles. The van der Waals surface area contributed by atoms with Crippen LogP contribution < -0.4 is 5.73 Å². The highest BCUT2D eigenvalue weighted by Gasteiger charge is 2.22. The molecule has 4 nitrogen and oxygen atoms in total. The number of carbonyl (C=O) groups excluding carboxylic acids is 1. The Hall–Kier alpha value is -1.26. The van der Waals surface area contributed by atoms with Crippen LogP contribution in [0.5, 0.6) is 5.75 Å². The van der Waals surface area contributed by atoms with E-state index in [1.807, 2.05) is 0 Å². The van der Waals surface area contributed by atoms with Crippen LogP contribution in [0, 0.1) is 0 Å². The molecule has 0 radical (unpaired) electrons. The second kappa shape index (κ2) is 8.12. The fraction of sp³-hybridized carbons (Fsp3) is 0.533. The van der Waals surface area contributed by atoms with E-state index in [4.69, 9.17) is 10.5 Å². The Bertz CT molecular complexity index is 416. The van der Waals surface area contributed by atoms with E-state index in [2.05, 4.69) is 0 Å². The van der Waals surface area contributed by atoms with Gasteiger partial charge in [0.25, 0.3) is 0 Å². The number of phenols is 1. The summed E-state index contributed by atoms with van der Waals surface area (Å²) in [6.45, 7) is 0. The second-order valence-corrected chi connectivity index (χ2v) is 5.17. The molecule has 2 rings (SSSR count). The molecular formula is C15H22ClNO3. The minimum Gasteiger partial charge on any atom is -0.508 e. The summed E-state index contributed by atoms with van der Waals surface area (Å²) in [7, 11) is 0. The van der Waals surface area contributed by atoms with Crippen molar-refractivity contribution in [3.63, 3.8) is 0 Å². The highest BCUT2D eigenvalue weighted by atomic mass is 35.5. The lowest BCUT2D eigenvalue weighted by Crippen LogP contribution is -2.37. The number of phenolic OH excluding ortho intramolecular Hbond substituents is 1. The molecule has 0 spiro atoms. The zero-order chi connectivity index (χ0) is 13.7. The predicted octanol–water partition coefficient (Wildman–Crippen LogP) is 2.56. The molecule has 0 unspecified atom stereocenters. The van der Waals surface area contributed by atoms with Crippen molar-refractivity contribution >= 4 is 18.4 Å². The van der Waals surface area contributed by atoms with Gasteiger partial charge >= 0.3 is 5.97 Å². The monoisotopic (exact) mass is 299 g/mol. The van der Waals surface area contributed by atoms with Gasteiger partial charge in [-0.1, -0.05) is 18.6 Å². The number of ether oxygens (including phenoxy) is 1. The summed E-state index contributed by atoms with van der Waals surface area (Å²) >= 11 is 0. The third-order valence-electron chi connectivity index (χ3n) is 3.53. The molecule has 0 amide bonds. The highest BCUT2D eigenvalue weighted by Crippen LogP contribution is 2.21. The Labute approximate surface area is 125 Å². The van der Waals surface area contributed by atoms with Gasteiger partial charge in [-0.3, -0.25) is 4.79 Å². The summed E-state index contributed by atoms with van der Waals surface area (Å²) in [4.78, 5) is 11.9. The van der Waals surface area contributed by atoms with E-state index in [9.17, 15) is 9.90 Å². The maximum Gasteiger partial charge on any atom is 0.323 e. The normalized spacial score (nSPS) is 17.1. The maximum absolute atomic E-state index is 11.9. The number of hydrogen-bond donors (Lipinski definition) is 2. The smallest absolute Gasteiger partial charge is 0.323 e.